The lowest BCUT2D eigenvalue weighted by Crippen LogP contribution is -1.85. The zero-order chi connectivity index (χ0) is 10.4. The van der Waals surface area contributed by atoms with Gasteiger partial charge in [0.05, 0.1) is 0 Å². The van der Waals surface area contributed by atoms with Gasteiger partial charge in [0.1, 0.15) is 0 Å². The first-order chi connectivity index (χ1) is 6.74. The molecule has 0 aliphatic rings. The molecule has 0 radical (unpaired) electrons. The smallest absolute Gasteiger partial charge is 0.0219 e. The van der Waals surface area contributed by atoms with E-state index >= 15 is 0 Å². The van der Waals surface area contributed by atoms with Gasteiger partial charge in [-0.3, -0.25) is 0 Å². The van der Waals surface area contributed by atoms with Crippen molar-refractivity contribution in [2.45, 2.75) is 39.5 Å². The quantitative estimate of drug-likeness (QED) is 0.646. The van der Waals surface area contributed by atoms with Crippen LogP contribution < -0.4 is 0 Å². The molecule has 0 N–H and O–H groups in total. The lowest BCUT2D eigenvalue weighted by Gasteiger charge is -2.04. The number of hydrogen-bond donors (Lipinski definition) is 0. The van der Waals surface area contributed by atoms with E-state index in [9.17, 15) is 0 Å². The fraction of sp³-hybridized carbons (Fsp3) is 0.429. The molecule has 1 aromatic rings. The molecule has 0 heteroatoms. The minimum atomic E-state index is 0.628. The van der Waals surface area contributed by atoms with E-state index in [1.54, 1.807) is 0 Å². The van der Waals surface area contributed by atoms with Crippen molar-refractivity contribution in [1.82, 2.24) is 0 Å². The van der Waals surface area contributed by atoms with E-state index in [1.165, 1.54) is 24.0 Å². The summed E-state index contributed by atoms with van der Waals surface area (Å²) in [5.74, 6) is 0.628. The van der Waals surface area contributed by atoms with Crippen molar-refractivity contribution in [2.75, 3.05) is 0 Å². The summed E-state index contributed by atoms with van der Waals surface area (Å²) in [5.41, 5.74) is 2.72. The molecule has 76 valence electrons. The molecular weight excluding hydrogens is 168 g/mol. The number of unbranched alkanes of at least 4 members (excludes halogenated alkanes) is 1. The maximum atomic E-state index is 2.24. The monoisotopic (exact) mass is 188 g/mol. The Morgan fingerprint density at radius 3 is 2.29 bits per heavy atom. The van der Waals surface area contributed by atoms with Gasteiger partial charge in [0.2, 0.25) is 0 Å². The molecule has 0 saturated carbocycles. The van der Waals surface area contributed by atoms with E-state index in [2.05, 4.69) is 57.2 Å². The van der Waals surface area contributed by atoms with Crippen molar-refractivity contribution in [3.05, 3.63) is 41.5 Å². The highest BCUT2D eigenvalue weighted by Gasteiger charge is 1.96. The van der Waals surface area contributed by atoms with Gasteiger partial charge in [0.15, 0.2) is 0 Å². The summed E-state index contributed by atoms with van der Waals surface area (Å²) in [5, 5.41) is 0. The van der Waals surface area contributed by atoms with Crippen molar-refractivity contribution in [1.29, 1.82) is 0 Å². The average molecular weight is 188 g/mol. The molecule has 0 aliphatic carbocycles. The molecule has 0 nitrogen and oxygen atoms in total. The second-order valence-electron chi connectivity index (χ2n) is 4.01. The summed E-state index contributed by atoms with van der Waals surface area (Å²) < 4.78 is 0. The molecule has 0 fully saturated rings. The van der Waals surface area contributed by atoms with Gasteiger partial charge < -0.3 is 0 Å². The molecule has 0 heterocycles. The van der Waals surface area contributed by atoms with Gasteiger partial charge in [0, 0.05) is 0 Å². The highest BCUT2D eigenvalue weighted by molar-refractivity contribution is 5.49. The summed E-state index contributed by atoms with van der Waals surface area (Å²) in [4.78, 5) is 0. The Kier molecular flexibility index (Phi) is 4.45. The highest BCUT2D eigenvalue weighted by atomic mass is 14.0. The Hall–Kier alpha value is -1.04. The fourth-order valence-corrected chi connectivity index (χ4v) is 1.38. The van der Waals surface area contributed by atoms with Crippen LogP contribution in [0.25, 0.3) is 6.08 Å². The molecular formula is C14H20. The summed E-state index contributed by atoms with van der Waals surface area (Å²) in [7, 11) is 0. The molecule has 0 spiro atoms. The van der Waals surface area contributed by atoms with Gasteiger partial charge in [-0.1, -0.05) is 63.6 Å². The second kappa shape index (κ2) is 5.64. The average Bonchev–Trinajstić information content (AvgIpc) is 2.19. The Balaban J connectivity index is 2.64. The molecule has 0 saturated heterocycles. The third-order valence-electron chi connectivity index (χ3n) is 2.37. The minimum Gasteiger partial charge on any atom is -0.0840 e. The predicted molar refractivity (Wildman–Crippen MR) is 64.5 cm³/mol. The largest absolute Gasteiger partial charge is 0.0840 e. The first-order valence-electron chi connectivity index (χ1n) is 5.50. The number of benzene rings is 1. The van der Waals surface area contributed by atoms with Crippen LogP contribution in [0.3, 0.4) is 0 Å². The molecule has 0 amide bonds. The van der Waals surface area contributed by atoms with Gasteiger partial charge in [0.25, 0.3) is 0 Å². The lowest BCUT2D eigenvalue weighted by atomic mass is 10.0. The van der Waals surface area contributed by atoms with Crippen LogP contribution >= 0.6 is 0 Å². The number of hydrogen-bond acceptors (Lipinski definition) is 0. The van der Waals surface area contributed by atoms with E-state index in [0.29, 0.717) is 5.92 Å². The summed E-state index contributed by atoms with van der Waals surface area (Å²) in [6.07, 6.45) is 6.84. The first-order valence-corrected chi connectivity index (χ1v) is 5.50. The number of rotatable bonds is 4. The van der Waals surface area contributed by atoms with Crippen molar-refractivity contribution < 1.29 is 0 Å². The zero-order valence-electron chi connectivity index (χ0n) is 9.46. The topological polar surface area (TPSA) is 0 Å². The molecule has 0 unspecified atom stereocenters. The predicted octanol–water partition coefficient (Wildman–Crippen LogP) is 4.62. The highest BCUT2D eigenvalue weighted by Crippen LogP contribution is 2.15. The molecule has 0 aromatic heterocycles. The van der Waals surface area contributed by atoms with Crippen LogP contribution in [0.5, 0.6) is 0 Å². The summed E-state index contributed by atoms with van der Waals surface area (Å²) >= 11 is 0. The third-order valence-corrected chi connectivity index (χ3v) is 2.37. The van der Waals surface area contributed by atoms with Gasteiger partial charge >= 0.3 is 0 Å². The van der Waals surface area contributed by atoms with Crippen LogP contribution in [0.2, 0.25) is 0 Å². The van der Waals surface area contributed by atoms with Crippen LogP contribution in [0.15, 0.2) is 30.3 Å². The Bertz CT molecular complexity index is 277. The maximum absolute atomic E-state index is 2.24. The number of allylic oxidation sites excluding steroid dienone is 1. The minimum absolute atomic E-state index is 0.628. The molecule has 0 atom stereocenters. The van der Waals surface area contributed by atoms with E-state index in [-0.39, 0.29) is 0 Å². The third kappa shape index (κ3) is 3.37. The van der Waals surface area contributed by atoms with Crippen molar-refractivity contribution in [3.63, 3.8) is 0 Å². The molecule has 14 heavy (non-hydrogen) atoms. The Morgan fingerprint density at radius 2 is 1.79 bits per heavy atom. The van der Waals surface area contributed by atoms with Crippen LogP contribution in [0, 0.1) is 0 Å². The lowest BCUT2D eigenvalue weighted by molar-refractivity contribution is 0.866. The van der Waals surface area contributed by atoms with Crippen molar-refractivity contribution >= 4 is 6.08 Å². The second-order valence-corrected chi connectivity index (χ2v) is 4.01. The van der Waals surface area contributed by atoms with Crippen molar-refractivity contribution in [2.24, 2.45) is 0 Å². The van der Waals surface area contributed by atoms with Gasteiger partial charge in [-0.25, -0.2) is 0 Å². The standard InChI is InChI=1S/C14H20/c1-4-5-6-7-13-8-10-14(11-9-13)12(2)3/h6-12H,4-5H2,1-3H3/b7-6+. The normalized spacial score (nSPS) is 11.4. The molecule has 0 aliphatic heterocycles. The Labute approximate surface area is 87.7 Å². The van der Waals surface area contributed by atoms with Crippen LogP contribution in [-0.4, -0.2) is 0 Å². The van der Waals surface area contributed by atoms with E-state index in [0.717, 1.165) is 0 Å². The van der Waals surface area contributed by atoms with E-state index < -0.39 is 0 Å². The zero-order valence-corrected chi connectivity index (χ0v) is 9.46. The molecule has 1 rings (SSSR count). The van der Waals surface area contributed by atoms with Crippen LogP contribution in [0.1, 0.15) is 50.7 Å². The Morgan fingerprint density at radius 1 is 1.14 bits per heavy atom. The molecule has 1 aromatic carbocycles. The van der Waals surface area contributed by atoms with E-state index in [4.69, 9.17) is 0 Å². The molecule has 0 bridgehead atoms. The van der Waals surface area contributed by atoms with Crippen molar-refractivity contribution in [3.8, 4) is 0 Å². The maximum Gasteiger partial charge on any atom is -0.0219 e. The summed E-state index contributed by atoms with van der Waals surface area (Å²) in [6.45, 7) is 6.65. The van der Waals surface area contributed by atoms with Crippen LogP contribution in [0.4, 0.5) is 0 Å². The first kappa shape index (κ1) is 11.0. The van der Waals surface area contributed by atoms with Crippen LogP contribution in [-0.2, 0) is 0 Å². The van der Waals surface area contributed by atoms with Gasteiger partial charge in [-0.05, 0) is 23.5 Å². The van der Waals surface area contributed by atoms with Gasteiger partial charge in [-0.2, -0.15) is 0 Å². The fourth-order valence-electron chi connectivity index (χ4n) is 1.38. The SMILES string of the molecule is CCC/C=C/c1ccc(C(C)C)cc1. The summed E-state index contributed by atoms with van der Waals surface area (Å²) in [6, 6.07) is 8.83. The van der Waals surface area contributed by atoms with Gasteiger partial charge in [-0.15, -0.1) is 0 Å². The van der Waals surface area contributed by atoms with E-state index in [1.807, 2.05) is 0 Å².